The van der Waals surface area contributed by atoms with E-state index in [0.717, 1.165) is 21.7 Å². The quantitative estimate of drug-likeness (QED) is 0.380. The first-order chi connectivity index (χ1) is 15.7. The molecule has 3 aromatic rings. The minimum Gasteiger partial charge on any atom is -0.333 e. The van der Waals surface area contributed by atoms with Crippen LogP contribution in [-0.2, 0) is 24.1 Å². The first-order valence-corrected chi connectivity index (χ1v) is 10.9. The van der Waals surface area contributed by atoms with Crippen LogP contribution in [-0.4, -0.2) is 27.1 Å². The van der Waals surface area contributed by atoms with Gasteiger partial charge in [0, 0.05) is 41.2 Å². The Morgan fingerprint density at radius 1 is 1.39 bits per heavy atom. The number of alkyl halides is 3. The molecule has 0 saturated carbocycles. The van der Waals surface area contributed by atoms with E-state index in [1.165, 1.54) is 28.5 Å². The van der Waals surface area contributed by atoms with Crippen LogP contribution < -0.4 is 0 Å². The van der Waals surface area contributed by atoms with E-state index in [1.807, 2.05) is 0 Å². The van der Waals surface area contributed by atoms with Crippen molar-refractivity contribution in [3.8, 4) is 17.2 Å². The number of hydrogen-bond donors (Lipinski definition) is 0. The largest absolute Gasteiger partial charge is 0.435 e. The van der Waals surface area contributed by atoms with Crippen molar-refractivity contribution in [2.24, 2.45) is 0 Å². The van der Waals surface area contributed by atoms with Crippen molar-refractivity contribution >= 4 is 17.2 Å². The van der Waals surface area contributed by atoms with E-state index in [9.17, 15) is 23.2 Å². The maximum atomic E-state index is 15.2. The van der Waals surface area contributed by atoms with E-state index in [4.69, 9.17) is 0 Å². The van der Waals surface area contributed by atoms with E-state index >= 15 is 4.39 Å². The Hall–Kier alpha value is -3.45. The summed E-state index contributed by atoms with van der Waals surface area (Å²) in [6.45, 7) is 5.68. The van der Waals surface area contributed by atoms with Crippen LogP contribution in [0.15, 0.2) is 43.1 Å². The molecule has 0 bridgehead atoms. The molecule has 170 valence electrons. The van der Waals surface area contributed by atoms with Crippen molar-refractivity contribution in [3.05, 3.63) is 75.5 Å². The molecular formula is C23H18F4N4OS. The van der Waals surface area contributed by atoms with Gasteiger partial charge in [-0.1, -0.05) is 18.7 Å². The SMILES string of the molecule is C=CC(=O)N1Cc2sc(C#N)cc2C(c2cccc(F)c2-c2cn(CC)nc2C(F)(F)F)C1. The second-order valence-corrected chi connectivity index (χ2v) is 8.66. The molecule has 0 spiro atoms. The number of nitrogens with zero attached hydrogens (tertiary/aromatic N) is 4. The van der Waals surface area contributed by atoms with E-state index in [2.05, 4.69) is 17.7 Å². The number of amides is 1. The average molecular weight is 474 g/mol. The Balaban J connectivity index is 1.96. The molecule has 1 amide bonds. The minimum atomic E-state index is -4.78. The van der Waals surface area contributed by atoms with Gasteiger partial charge in [-0.3, -0.25) is 9.48 Å². The van der Waals surface area contributed by atoms with Crippen LogP contribution in [0.25, 0.3) is 11.1 Å². The van der Waals surface area contributed by atoms with Crippen molar-refractivity contribution < 1.29 is 22.4 Å². The van der Waals surface area contributed by atoms with Crippen LogP contribution in [0.3, 0.4) is 0 Å². The molecule has 0 N–H and O–H groups in total. The third kappa shape index (κ3) is 4.04. The number of aromatic nitrogens is 2. The van der Waals surface area contributed by atoms with E-state index in [0.29, 0.717) is 16.0 Å². The van der Waals surface area contributed by atoms with Crippen molar-refractivity contribution in [2.45, 2.75) is 32.1 Å². The highest BCUT2D eigenvalue weighted by molar-refractivity contribution is 7.12. The summed E-state index contributed by atoms with van der Waals surface area (Å²) >= 11 is 1.21. The van der Waals surface area contributed by atoms with E-state index in [1.54, 1.807) is 19.1 Å². The molecule has 0 fully saturated rings. The fourth-order valence-electron chi connectivity index (χ4n) is 4.13. The Morgan fingerprint density at radius 3 is 2.79 bits per heavy atom. The number of nitriles is 1. The standard InChI is InChI=1S/C23H18F4N4OS/c1-3-20(32)30-10-16(15-8-13(9-28)33-19(15)12-30)14-6-5-7-18(24)21(14)17-11-31(4-2)29-22(17)23(25,26)27/h3,5-8,11,16H,1,4,10,12H2,2H3. The Morgan fingerprint density at radius 2 is 2.15 bits per heavy atom. The summed E-state index contributed by atoms with van der Waals surface area (Å²) in [5, 5.41) is 13.0. The topological polar surface area (TPSA) is 61.9 Å². The molecule has 1 aromatic carbocycles. The molecule has 1 aliphatic rings. The molecule has 1 unspecified atom stereocenters. The number of rotatable bonds is 4. The maximum Gasteiger partial charge on any atom is 0.435 e. The summed E-state index contributed by atoms with van der Waals surface area (Å²) in [5.74, 6) is -1.81. The van der Waals surface area contributed by atoms with Crippen LogP contribution in [0.2, 0.25) is 0 Å². The predicted molar refractivity (Wildman–Crippen MR) is 115 cm³/mol. The van der Waals surface area contributed by atoms with Crippen LogP contribution in [0, 0.1) is 17.1 Å². The molecule has 2 aromatic heterocycles. The molecular weight excluding hydrogens is 456 g/mol. The lowest BCUT2D eigenvalue weighted by atomic mass is 9.83. The number of fused-ring (bicyclic) bond motifs is 1. The Labute approximate surface area is 191 Å². The van der Waals surface area contributed by atoms with Crippen molar-refractivity contribution in [2.75, 3.05) is 6.54 Å². The Kier molecular flexibility index (Phi) is 5.84. The molecule has 5 nitrogen and oxygen atoms in total. The zero-order valence-corrected chi connectivity index (χ0v) is 18.3. The van der Waals surface area contributed by atoms with Crippen LogP contribution >= 0.6 is 11.3 Å². The normalized spacial score (nSPS) is 15.8. The number of aryl methyl sites for hydroxylation is 1. The molecule has 4 rings (SSSR count). The number of carbonyl (C=O) groups is 1. The molecule has 0 aliphatic carbocycles. The van der Waals surface area contributed by atoms with Crippen molar-refractivity contribution in [3.63, 3.8) is 0 Å². The van der Waals surface area contributed by atoms with Gasteiger partial charge in [0.2, 0.25) is 5.91 Å². The molecule has 1 aliphatic heterocycles. The predicted octanol–water partition coefficient (Wildman–Crippen LogP) is 5.32. The third-order valence-electron chi connectivity index (χ3n) is 5.60. The van der Waals surface area contributed by atoms with Crippen LogP contribution in [0.1, 0.15) is 39.4 Å². The van der Waals surface area contributed by atoms with Gasteiger partial charge in [-0.15, -0.1) is 11.3 Å². The monoisotopic (exact) mass is 474 g/mol. The number of halogens is 4. The molecule has 10 heteroatoms. The number of thiophene rings is 1. The van der Waals surface area contributed by atoms with Gasteiger partial charge in [-0.05, 0) is 36.3 Å². The maximum absolute atomic E-state index is 15.2. The highest BCUT2D eigenvalue weighted by atomic mass is 32.1. The number of hydrogen-bond acceptors (Lipinski definition) is 4. The second-order valence-electron chi connectivity index (χ2n) is 7.53. The lowest BCUT2D eigenvalue weighted by Gasteiger charge is -2.33. The molecule has 33 heavy (non-hydrogen) atoms. The van der Waals surface area contributed by atoms with Crippen LogP contribution in [0.5, 0.6) is 0 Å². The summed E-state index contributed by atoms with van der Waals surface area (Å²) < 4.78 is 57.7. The average Bonchev–Trinajstić information content (AvgIpc) is 3.41. The smallest absolute Gasteiger partial charge is 0.333 e. The first kappa shape index (κ1) is 22.7. The van der Waals surface area contributed by atoms with Crippen molar-refractivity contribution in [1.82, 2.24) is 14.7 Å². The van der Waals surface area contributed by atoms with Gasteiger partial charge in [0.1, 0.15) is 16.8 Å². The van der Waals surface area contributed by atoms with Gasteiger partial charge in [0.25, 0.3) is 0 Å². The molecule has 3 heterocycles. The van der Waals surface area contributed by atoms with E-state index in [-0.39, 0.29) is 36.7 Å². The second kappa shape index (κ2) is 8.48. The molecule has 1 atom stereocenters. The van der Waals surface area contributed by atoms with Crippen molar-refractivity contribution in [1.29, 1.82) is 5.26 Å². The van der Waals surface area contributed by atoms with Gasteiger partial charge in [-0.2, -0.15) is 23.5 Å². The summed E-state index contributed by atoms with van der Waals surface area (Å²) in [5.41, 5.74) is -0.747. The number of benzene rings is 1. The fraction of sp³-hybridized carbons (Fsp3) is 0.261. The van der Waals surface area contributed by atoms with E-state index < -0.39 is 23.6 Å². The number of carbonyl (C=O) groups excluding carboxylic acids is 1. The highest BCUT2D eigenvalue weighted by Crippen LogP contribution is 2.45. The zero-order valence-electron chi connectivity index (χ0n) is 17.5. The lowest BCUT2D eigenvalue weighted by Crippen LogP contribution is -2.37. The summed E-state index contributed by atoms with van der Waals surface area (Å²) in [4.78, 5) is 15.0. The van der Waals surface area contributed by atoms with Gasteiger partial charge in [0.15, 0.2) is 5.69 Å². The summed E-state index contributed by atoms with van der Waals surface area (Å²) in [6, 6.07) is 7.82. The fourth-order valence-corrected chi connectivity index (χ4v) is 5.16. The lowest BCUT2D eigenvalue weighted by molar-refractivity contribution is -0.141. The third-order valence-corrected chi connectivity index (χ3v) is 6.64. The molecule has 0 saturated heterocycles. The summed E-state index contributed by atoms with van der Waals surface area (Å²) in [6.07, 6.45) is -2.44. The summed E-state index contributed by atoms with van der Waals surface area (Å²) in [7, 11) is 0. The molecule has 0 radical (unpaired) electrons. The van der Waals surface area contributed by atoms with Gasteiger partial charge in [0.05, 0.1) is 6.54 Å². The van der Waals surface area contributed by atoms with Gasteiger partial charge in [-0.25, -0.2) is 4.39 Å². The van der Waals surface area contributed by atoms with Gasteiger partial charge >= 0.3 is 6.18 Å². The highest BCUT2D eigenvalue weighted by Gasteiger charge is 2.40. The van der Waals surface area contributed by atoms with Gasteiger partial charge < -0.3 is 4.90 Å². The zero-order chi connectivity index (χ0) is 23.9. The Bertz CT molecular complexity index is 1280. The first-order valence-electron chi connectivity index (χ1n) is 10.0. The van der Waals surface area contributed by atoms with Crippen LogP contribution in [0.4, 0.5) is 17.6 Å². The minimum absolute atomic E-state index is 0.110.